The summed E-state index contributed by atoms with van der Waals surface area (Å²) in [6.07, 6.45) is 0. The topological polar surface area (TPSA) is 37.7 Å². The first-order valence-corrected chi connectivity index (χ1v) is 17.8. The number of rotatable bonds is 12. The van der Waals surface area contributed by atoms with Crippen LogP contribution in [0.15, 0.2) is 156 Å². The van der Waals surface area contributed by atoms with Crippen LogP contribution >= 0.6 is 0 Å². The number of nitrogens with zero attached hydrogens (tertiary/aromatic N) is 6. The van der Waals surface area contributed by atoms with Gasteiger partial charge in [0.25, 0.3) is 0 Å². The minimum absolute atomic E-state index is 0.0945. The Bertz CT molecular complexity index is 1790. The Morgan fingerprint density at radius 3 is 0.615 bits per heavy atom. The normalized spacial score (nSPS) is 11.3. The van der Waals surface area contributed by atoms with Gasteiger partial charge in [0.1, 0.15) is 0 Å². The highest BCUT2D eigenvalue weighted by Crippen LogP contribution is 2.37. The maximum Gasteiger partial charge on any atom is 0.0857 e. The van der Waals surface area contributed by atoms with Crippen molar-refractivity contribution in [3.05, 3.63) is 179 Å². The first-order valence-electron chi connectivity index (χ1n) is 17.8. The van der Waals surface area contributed by atoms with Crippen molar-refractivity contribution in [3.63, 3.8) is 0 Å². The van der Waals surface area contributed by atoms with Crippen LogP contribution in [-0.2, 0) is 0 Å². The van der Waals surface area contributed by atoms with E-state index in [0.29, 0.717) is 0 Å². The van der Waals surface area contributed by atoms with E-state index < -0.39 is 0 Å². The van der Waals surface area contributed by atoms with E-state index in [-0.39, 0.29) is 11.8 Å². The predicted molar refractivity (Wildman–Crippen MR) is 222 cm³/mol. The van der Waals surface area contributed by atoms with E-state index >= 15 is 0 Å². The first kappa shape index (κ1) is 35.9. The summed E-state index contributed by atoms with van der Waals surface area (Å²) in [6.45, 7) is 0. The molecular formula is C46H50N6. The third kappa shape index (κ3) is 8.35. The average molecular weight is 687 g/mol. The molecule has 0 amide bonds. The van der Waals surface area contributed by atoms with Crippen LogP contribution in [0.25, 0.3) is 0 Å². The number of hydrogen-bond donors (Lipinski definition) is 0. The van der Waals surface area contributed by atoms with Crippen molar-refractivity contribution in [2.75, 3.05) is 76.0 Å². The van der Waals surface area contributed by atoms with Crippen molar-refractivity contribution < 1.29 is 0 Å². The second kappa shape index (κ2) is 16.0. The van der Waals surface area contributed by atoms with Crippen LogP contribution in [0, 0.1) is 0 Å². The first-order chi connectivity index (χ1) is 25.1. The molecule has 0 aliphatic carbocycles. The van der Waals surface area contributed by atoms with Crippen molar-refractivity contribution in [3.8, 4) is 0 Å². The largest absolute Gasteiger partial charge is 0.378 e. The SMILES string of the molecule is CN(C)c1ccc(C(c2ccc(N=Nc3ccc(C(c4ccc(N(C)C)cc4)c4ccc(N(C)C)cc4)cc3)cc2)c2ccc(N(C)C)cc2)cc1. The van der Waals surface area contributed by atoms with E-state index in [1.807, 2.05) is 0 Å². The third-order valence-electron chi connectivity index (χ3n) is 9.71. The van der Waals surface area contributed by atoms with Crippen LogP contribution in [-0.4, -0.2) is 56.4 Å². The van der Waals surface area contributed by atoms with E-state index in [1.54, 1.807) is 0 Å². The van der Waals surface area contributed by atoms with E-state index in [4.69, 9.17) is 0 Å². The molecule has 0 spiro atoms. The van der Waals surface area contributed by atoms with E-state index in [9.17, 15) is 0 Å². The summed E-state index contributed by atoms with van der Waals surface area (Å²) in [5.41, 5.74) is 13.8. The maximum atomic E-state index is 4.63. The molecule has 0 aliphatic rings. The Kier molecular flexibility index (Phi) is 11.0. The predicted octanol–water partition coefficient (Wildman–Crippen LogP) is 10.7. The second-order valence-corrected chi connectivity index (χ2v) is 14.2. The number of azo groups is 1. The quantitative estimate of drug-likeness (QED) is 0.0949. The van der Waals surface area contributed by atoms with E-state index in [2.05, 4.69) is 232 Å². The lowest BCUT2D eigenvalue weighted by atomic mass is 9.85. The summed E-state index contributed by atoms with van der Waals surface area (Å²) in [5, 5.41) is 9.26. The lowest BCUT2D eigenvalue weighted by molar-refractivity contribution is 0.971. The Hall–Kier alpha value is -5.88. The summed E-state index contributed by atoms with van der Waals surface area (Å²) in [4.78, 5) is 8.52. The molecule has 0 saturated carbocycles. The molecule has 0 radical (unpaired) electrons. The molecule has 0 unspecified atom stereocenters. The van der Waals surface area contributed by atoms with Crippen LogP contribution < -0.4 is 19.6 Å². The summed E-state index contributed by atoms with van der Waals surface area (Å²) in [6, 6.07) is 52.3. The van der Waals surface area contributed by atoms with Crippen LogP contribution in [0.1, 0.15) is 45.2 Å². The molecule has 0 bridgehead atoms. The van der Waals surface area contributed by atoms with Gasteiger partial charge in [0.15, 0.2) is 0 Å². The van der Waals surface area contributed by atoms with Gasteiger partial charge in [-0.2, -0.15) is 10.2 Å². The Morgan fingerprint density at radius 1 is 0.269 bits per heavy atom. The molecule has 6 rings (SSSR count). The molecule has 0 N–H and O–H groups in total. The zero-order chi connectivity index (χ0) is 36.8. The minimum atomic E-state index is 0.0945. The molecule has 0 aromatic heterocycles. The lowest BCUT2D eigenvalue weighted by Gasteiger charge is -2.22. The second-order valence-electron chi connectivity index (χ2n) is 14.2. The maximum absolute atomic E-state index is 4.63. The summed E-state index contributed by atoms with van der Waals surface area (Å²) < 4.78 is 0. The lowest BCUT2D eigenvalue weighted by Crippen LogP contribution is -2.10. The van der Waals surface area contributed by atoms with Gasteiger partial charge < -0.3 is 19.6 Å². The molecule has 0 saturated heterocycles. The van der Waals surface area contributed by atoms with Crippen molar-refractivity contribution in [2.45, 2.75) is 11.8 Å². The van der Waals surface area contributed by atoms with Crippen LogP contribution in [0.3, 0.4) is 0 Å². The molecule has 0 atom stereocenters. The smallest absolute Gasteiger partial charge is 0.0857 e. The van der Waals surface area contributed by atoms with E-state index in [1.165, 1.54) is 56.1 Å². The number of benzene rings is 6. The third-order valence-corrected chi connectivity index (χ3v) is 9.71. The fourth-order valence-electron chi connectivity index (χ4n) is 6.60. The van der Waals surface area contributed by atoms with Gasteiger partial charge in [-0.15, -0.1) is 0 Å². The fourth-order valence-corrected chi connectivity index (χ4v) is 6.60. The molecule has 6 nitrogen and oxygen atoms in total. The zero-order valence-corrected chi connectivity index (χ0v) is 31.7. The van der Waals surface area contributed by atoms with Crippen LogP contribution in [0.5, 0.6) is 0 Å². The summed E-state index contributed by atoms with van der Waals surface area (Å²) in [5.74, 6) is 0.189. The molecule has 6 aromatic carbocycles. The average Bonchev–Trinajstić information content (AvgIpc) is 3.16. The Morgan fingerprint density at radius 2 is 0.442 bits per heavy atom. The van der Waals surface area contributed by atoms with Crippen LogP contribution in [0.4, 0.5) is 34.1 Å². The molecule has 52 heavy (non-hydrogen) atoms. The zero-order valence-electron chi connectivity index (χ0n) is 31.7. The number of hydrogen-bond acceptors (Lipinski definition) is 6. The molecule has 0 aliphatic heterocycles. The monoisotopic (exact) mass is 686 g/mol. The molecule has 6 aromatic rings. The van der Waals surface area contributed by atoms with Gasteiger partial charge in [0.2, 0.25) is 0 Å². The van der Waals surface area contributed by atoms with Gasteiger partial charge in [0.05, 0.1) is 11.4 Å². The van der Waals surface area contributed by atoms with Gasteiger partial charge in [-0.05, 0) is 106 Å². The highest BCUT2D eigenvalue weighted by Gasteiger charge is 2.19. The van der Waals surface area contributed by atoms with Gasteiger partial charge in [-0.1, -0.05) is 72.8 Å². The minimum Gasteiger partial charge on any atom is -0.378 e. The highest BCUT2D eigenvalue weighted by atomic mass is 15.1. The Balaban J connectivity index is 1.24. The summed E-state index contributed by atoms with van der Waals surface area (Å²) >= 11 is 0. The van der Waals surface area contributed by atoms with Crippen molar-refractivity contribution in [1.29, 1.82) is 0 Å². The molecular weight excluding hydrogens is 637 g/mol. The standard InChI is InChI=1S/C46H50N6/c1-49(2)41-25-13-35(14-26-41)45(36-15-27-42(28-16-36)50(3)4)33-9-21-39(22-10-33)47-48-40-23-11-34(12-24-40)46(37-17-29-43(30-18-37)51(5)6)38-19-31-44(32-20-38)52(7)8/h9-32,45-46H,1-8H3. The van der Waals surface area contributed by atoms with Crippen molar-refractivity contribution in [1.82, 2.24) is 0 Å². The highest BCUT2D eigenvalue weighted by molar-refractivity contribution is 5.56. The van der Waals surface area contributed by atoms with Crippen molar-refractivity contribution in [2.24, 2.45) is 10.2 Å². The molecule has 0 fully saturated rings. The molecule has 6 heteroatoms. The fraction of sp³-hybridized carbons (Fsp3) is 0.217. The van der Waals surface area contributed by atoms with Gasteiger partial charge in [-0.3, -0.25) is 0 Å². The molecule has 264 valence electrons. The van der Waals surface area contributed by atoms with Crippen LogP contribution in [0.2, 0.25) is 0 Å². The van der Waals surface area contributed by atoms with Gasteiger partial charge >= 0.3 is 0 Å². The van der Waals surface area contributed by atoms with E-state index in [0.717, 1.165) is 11.4 Å². The summed E-state index contributed by atoms with van der Waals surface area (Å²) in [7, 11) is 16.6. The van der Waals surface area contributed by atoms with Crippen molar-refractivity contribution >= 4 is 34.1 Å². The Labute approximate surface area is 310 Å². The molecule has 0 heterocycles. The number of anilines is 4. The van der Waals surface area contributed by atoms with Gasteiger partial charge in [-0.25, -0.2) is 0 Å². The van der Waals surface area contributed by atoms with Gasteiger partial charge in [0, 0.05) is 91.0 Å².